The van der Waals surface area contributed by atoms with Crippen molar-refractivity contribution in [3.8, 4) is 0 Å². The summed E-state index contributed by atoms with van der Waals surface area (Å²) in [6, 6.07) is 6.88. The van der Waals surface area contributed by atoms with E-state index in [-0.39, 0.29) is 11.3 Å². The normalized spacial score (nSPS) is 14.8. The van der Waals surface area contributed by atoms with Gasteiger partial charge in [-0.2, -0.15) is 0 Å². The Morgan fingerprint density at radius 2 is 1.73 bits per heavy atom. The number of carbonyl (C=O) groups excluding carboxylic acids is 1. The highest BCUT2D eigenvalue weighted by Crippen LogP contribution is 2.15. The molecule has 1 fully saturated rings. The van der Waals surface area contributed by atoms with E-state index in [4.69, 9.17) is 10.8 Å². The van der Waals surface area contributed by atoms with Gasteiger partial charge in [-0.1, -0.05) is 50.8 Å². The number of benzene rings is 1. The van der Waals surface area contributed by atoms with Crippen molar-refractivity contribution in [3.05, 3.63) is 35.4 Å². The van der Waals surface area contributed by atoms with Gasteiger partial charge in [0.05, 0.1) is 5.56 Å². The predicted octanol–water partition coefficient (Wildman–Crippen LogP) is 4.04. The highest BCUT2D eigenvalue weighted by molar-refractivity contribution is 6.05. The van der Waals surface area contributed by atoms with Crippen LogP contribution in [0.25, 0.3) is 0 Å². The van der Waals surface area contributed by atoms with Crippen molar-refractivity contribution in [1.82, 2.24) is 0 Å². The van der Waals surface area contributed by atoms with Crippen LogP contribution in [0.3, 0.4) is 0 Å². The molecule has 1 aliphatic rings. The first kappa shape index (κ1) is 18.4. The van der Waals surface area contributed by atoms with Gasteiger partial charge in [-0.25, -0.2) is 4.79 Å². The zero-order chi connectivity index (χ0) is 16.4. The molecule has 0 radical (unpaired) electrons. The minimum Gasteiger partial charge on any atom is -0.478 e. The maximum Gasteiger partial charge on any atom is 0.336 e. The first-order chi connectivity index (χ1) is 10.6. The molecule has 1 saturated carbocycles. The zero-order valence-corrected chi connectivity index (χ0v) is 13.4. The molecule has 0 atom stereocenters. The number of carboxylic acids is 1. The number of rotatable bonds is 5. The third-order valence-electron chi connectivity index (χ3n) is 3.87. The molecule has 3 N–H and O–H groups in total. The van der Waals surface area contributed by atoms with Crippen molar-refractivity contribution in [2.45, 2.75) is 64.3 Å². The van der Waals surface area contributed by atoms with Crippen molar-refractivity contribution in [2.24, 2.45) is 5.73 Å². The molecule has 4 heteroatoms. The van der Waals surface area contributed by atoms with E-state index in [0.717, 1.165) is 12.8 Å². The minimum atomic E-state index is -1.05. The van der Waals surface area contributed by atoms with Crippen LogP contribution in [-0.4, -0.2) is 22.9 Å². The fraction of sp³-hybridized carbons (Fsp3) is 0.556. The van der Waals surface area contributed by atoms with E-state index in [1.807, 2.05) is 6.92 Å². The Hall–Kier alpha value is -1.68. The second kappa shape index (κ2) is 10.1. The van der Waals surface area contributed by atoms with Crippen LogP contribution in [-0.2, 0) is 0 Å². The Bertz CT molecular complexity index is 479. The van der Waals surface area contributed by atoms with Gasteiger partial charge < -0.3 is 10.8 Å². The molecular weight excluding hydrogens is 278 g/mol. The van der Waals surface area contributed by atoms with Crippen LogP contribution in [0.1, 0.15) is 79.0 Å². The number of carboxylic acid groups (broad SMARTS) is 1. The number of hydrogen-bond acceptors (Lipinski definition) is 3. The van der Waals surface area contributed by atoms with Gasteiger partial charge >= 0.3 is 5.97 Å². The molecule has 0 heterocycles. The summed E-state index contributed by atoms with van der Waals surface area (Å²) in [5, 5.41) is 8.89. The van der Waals surface area contributed by atoms with Gasteiger partial charge in [0.15, 0.2) is 5.78 Å². The molecule has 0 bridgehead atoms. The SMILES string of the molecule is CCCCC(=O)c1ccccc1C(=O)O.NC1CCCCC1. The van der Waals surface area contributed by atoms with Gasteiger partial charge in [0.1, 0.15) is 0 Å². The Morgan fingerprint density at radius 3 is 2.18 bits per heavy atom. The van der Waals surface area contributed by atoms with E-state index in [1.165, 1.54) is 38.2 Å². The monoisotopic (exact) mass is 305 g/mol. The highest BCUT2D eigenvalue weighted by Gasteiger charge is 2.14. The van der Waals surface area contributed by atoms with Crippen LogP contribution >= 0.6 is 0 Å². The van der Waals surface area contributed by atoms with Crippen molar-refractivity contribution in [1.29, 1.82) is 0 Å². The van der Waals surface area contributed by atoms with Gasteiger partial charge in [-0.05, 0) is 25.3 Å². The number of nitrogens with two attached hydrogens (primary N) is 1. The third-order valence-corrected chi connectivity index (χ3v) is 3.87. The zero-order valence-electron chi connectivity index (χ0n) is 13.4. The molecule has 0 aliphatic heterocycles. The summed E-state index contributed by atoms with van der Waals surface area (Å²) in [7, 11) is 0. The molecule has 0 spiro atoms. The maximum absolute atomic E-state index is 11.7. The Kier molecular flexibility index (Phi) is 8.44. The fourth-order valence-corrected chi connectivity index (χ4v) is 2.52. The summed E-state index contributed by atoms with van der Waals surface area (Å²) in [5.41, 5.74) is 6.05. The molecule has 2 rings (SSSR count). The lowest BCUT2D eigenvalue weighted by Gasteiger charge is -2.15. The molecular formula is C18H27NO3. The molecule has 0 saturated heterocycles. The summed E-state index contributed by atoms with van der Waals surface area (Å²) in [6.07, 6.45) is 8.81. The number of hydrogen-bond donors (Lipinski definition) is 2. The van der Waals surface area contributed by atoms with Crippen molar-refractivity contribution in [3.63, 3.8) is 0 Å². The van der Waals surface area contributed by atoms with E-state index >= 15 is 0 Å². The van der Waals surface area contributed by atoms with Crippen molar-refractivity contribution in [2.75, 3.05) is 0 Å². The highest BCUT2D eigenvalue weighted by atomic mass is 16.4. The lowest BCUT2D eigenvalue weighted by Crippen LogP contribution is -2.22. The topological polar surface area (TPSA) is 80.4 Å². The molecule has 22 heavy (non-hydrogen) atoms. The summed E-state index contributed by atoms with van der Waals surface area (Å²) >= 11 is 0. The second-order valence-corrected chi connectivity index (χ2v) is 5.78. The molecule has 0 amide bonds. The number of Topliss-reactive ketones (excluding diaryl/α,β-unsaturated/α-hetero) is 1. The molecule has 0 unspecified atom stereocenters. The van der Waals surface area contributed by atoms with Crippen LogP contribution < -0.4 is 5.73 Å². The number of aromatic carboxylic acids is 1. The molecule has 1 aliphatic carbocycles. The summed E-state index contributed by atoms with van der Waals surface area (Å²) in [4.78, 5) is 22.5. The van der Waals surface area contributed by atoms with Gasteiger partial charge in [0.2, 0.25) is 0 Å². The Labute approximate surface area is 132 Å². The van der Waals surface area contributed by atoms with E-state index in [0.29, 0.717) is 18.0 Å². The Balaban J connectivity index is 0.000000287. The largest absolute Gasteiger partial charge is 0.478 e. The average molecular weight is 305 g/mol. The quantitative estimate of drug-likeness (QED) is 0.805. The number of unbranched alkanes of at least 4 members (excludes halogenated alkanes) is 1. The lowest BCUT2D eigenvalue weighted by atomic mass is 9.97. The molecule has 1 aromatic carbocycles. The van der Waals surface area contributed by atoms with Crippen LogP contribution in [0.15, 0.2) is 24.3 Å². The predicted molar refractivity (Wildman–Crippen MR) is 88.3 cm³/mol. The summed E-state index contributed by atoms with van der Waals surface area (Å²) in [6.45, 7) is 2.00. The second-order valence-electron chi connectivity index (χ2n) is 5.78. The van der Waals surface area contributed by atoms with E-state index < -0.39 is 5.97 Å². The van der Waals surface area contributed by atoms with Gasteiger partial charge in [-0.3, -0.25) is 4.79 Å². The number of ketones is 1. The molecule has 0 aromatic heterocycles. The smallest absolute Gasteiger partial charge is 0.336 e. The van der Waals surface area contributed by atoms with Crippen LogP contribution in [0.5, 0.6) is 0 Å². The van der Waals surface area contributed by atoms with Crippen LogP contribution in [0.2, 0.25) is 0 Å². The van der Waals surface area contributed by atoms with Gasteiger partial charge in [-0.15, -0.1) is 0 Å². The summed E-state index contributed by atoms with van der Waals surface area (Å²) < 4.78 is 0. The first-order valence-electron chi connectivity index (χ1n) is 8.17. The fourth-order valence-electron chi connectivity index (χ4n) is 2.52. The van der Waals surface area contributed by atoms with Crippen molar-refractivity contribution >= 4 is 11.8 Å². The summed E-state index contributed by atoms with van der Waals surface area (Å²) in [5.74, 6) is -1.13. The van der Waals surface area contributed by atoms with Gasteiger partial charge in [0.25, 0.3) is 0 Å². The Morgan fingerprint density at radius 1 is 1.14 bits per heavy atom. The third kappa shape index (κ3) is 6.39. The molecule has 1 aromatic rings. The van der Waals surface area contributed by atoms with Crippen molar-refractivity contribution < 1.29 is 14.7 Å². The molecule has 4 nitrogen and oxygen atoms in total. The number of carbonyl (C=O) groups is 2. The van der Waals surface area contributed by atoms with Crippen LogP contribution in [0, 0.1) is 0 Å². The van der Waals surface area contributed by atoms with E-state index in [1.54, 1.807) is 18.2 Å². The first-order valence-corrected chi connectivity index (χ1v) is 8.17. The van der Waals surface area contributed by atoms with Crippen LogP contribution in [0.4, 0.5) is 0 Å². The van der Waals surface area contributed by atoms with E-state index in [9.17, 15) is 9.59 Å². The van der Waals surface area contributed by atoms with Gasteiger partial charge in [0, 0.05) is 18.0 Å². The lowest BCUT2D eigenvalue weighted by molar-refractivity contribution is 0.0691. The average Bonchev–Trinajstić information content (AvgIpc) is 2.54. The minimum absolute atomic E-state index is 0.0881. The maximum atomic E-state index is 11.7. The van der Waals surface area contributed by atoms with E-state index in [2.05, 4.69) is 0 Å². The molecule has 122 valence electrons. The standard InChI is InChI=1S/C12H14O3.C6H13N/c1-2-3-8-11(13)9-6-4-5-7-10(9)12(14)15;7-6-4-2-1-3-5-6/h4-7H,2-3,8H2,1H3,(H,14,15);6H,1-5,7H2.